The number of aromatic amines is 1. The van der Waals surface area contributed by atoms with Crippen LogP contribution in [0.5, 0.6) is 0 Å². The van der Waals surface area contributed by atoms with E-state index in [1.807, 2.05) is 6.92 Å². The lowest BCUT2D eigenvalue weighted by molar-refractivity contribution is 0.504. The van der Waals surface area contributed by atoms with Gasteiger partial charge in [-0.1, -0.05) is 6.92 Å². The Hall–Kier alpha value is -1.60. The number of hydrogen-bond donors (Lipinski definition) is 2. The summed E-state index contributed by atoms with van der Waals surface area (Å²) in [6.07, 6.45) is 0. The van der Waals surface area contributed by atoms with Crippen LogP contribution in [0.4, 0.5) is 8.78 Å². The second-order valence-electron chi connectivity index (χ2n) is 4.09. The summed E-state index contributed by atoms with van der Waals surface area (Å²) in [7, 11) is 0. The molecule has 0 saturated heterocycles. The van der Waals surface area contributed by atoms with E-state index in [9.17, 15) is 13.6 Å². The molecule has 2 N–H and O–H groups in total. The molecule has 0 saturated carbocycles. The fourth-order valence-electron chi connectivity index (χ4n) is 1.69. The number of H-pyrrole nitrogens is 1. The van der Waals surface area contributed by atoms with Gasteiger partial charge in [0.05, 0.1) is 10.2 Å². The maximum absolute atomic E-state index is 13.5. The van der Waals surface area contributed by atoms with Gasteiger partial charge in [0, 0.05) is 18.2 Å². The van der Waals surface area contributed by atoms with Gasteiger partial charge in [-0.15, -0.1) is 0 Å². The molecule has 0 spiro atoms. The zero-order chi connectivity index (χ0) is 14.7. The first-order chi connectivity index (χ1) is 9.52. The molecule has 1 aromatic heterocycles. The van der Waals surface area contributed by atoms with Crippen molar-refractivity contribution in [3.63, 3.8) is 0 Å². The molecule has 7 heteroatoms. The number of nitrogens with zero attached hydrogens (tertiary/aromatic N) is 1. The van der Waals surface area contributed by atoms with Crippen molar-refractivity contribution in [2.75, 3.05) is 6.54 Å². The SMILES string of the molecule is CCNCc1cc(=O)[nH]c(-c2ccc(F)c(F)c2Br)n1. The fourth-order valence-corrected chi connectivity index (χ4v) is 2.20. The van der Waals surface area contributed by atoms with Crippen molar-refractivity contribution in [3.05, 3.63) is 50.4 Å². The van der Waals surface area contributed by atoms with Crippen molar-refractivity contribution in [2.45, 2.75) is 13.5 Å². The second-order valence-corrected chi connectivity index (χ2v) is 4.88. The lowest BCUT2D eigenvalue weighted by Gasteiger charge is -2.07. The Morgan fingerprint density at radius 3 is 2.85 bits per heavy atom. The summed E-state index contributed by atoms with van der Waals surface area (Å²) in [5.41, 5.74) is 0.473. The summed E-state index contributed by atoms with van der Waals surface area (Å²) >= 11 is 2.98. The quantitative estimate of drug-likeness (QED) is 0.839. The minimum absolute atomic E-state index is 0.0683. The van der Waals surface area contributed by atoms with Gasteiger partial charge in [0.2, 0.25) is 0 Å². The molecule has 20 heavy (non-hydrogen) atoms. The third-order valence-corrected chi connectivity index (χ3v) is 3.42. The molecule has 106 valence electrons. The zero-order valence-corrected chi connectivity index (χ0v) is 12.2. The number of hydrogen-bond acceptors (Lipinski definition) is 3. The van der Waals surface area contributed by atoms with Crippen molar-refractivity contribution < 1.29 is 8.78 Å². The highest BCUT2D eigenvalue weighted by molar-refractivity contribution is 9.10. The van der Waals surface area contributed by atoms with Crippen LogP contribution in [0, 0.1) is 11.6 Å². The molecule has 0 amide bonds. The molecule has 1 aromatic carbocycles. The zero-order valence-electron chi connectivity index (χ0n) is 10.6. The second kappa shape index (κ2) is 6.23. The van der Waals surface area contributed by atoms with E-state index in [0.717, 1.165) is 12.6 Å². The van der Waals surface area contributed by atoms with Gasteiger partial charge in [-0.3, -0.25) is 4.79 Å². The summed E-state index contributed by atoms with van der Waals surface area (Å²) in [5, 5.41) is 3.04. The van der Waals surface area contributed by atoms with Gasteiger partial charge in [-0.05, 0) is 34.6 Å². The van der Waals surface area contributed by atoms with Crippen LogP contribution in [0.3, 0.4) is 0 Å². The Morgan fingerprint density at radius 1 is 1.40 bits per heavy atom. The molecule has 0 aliphatic rings. The normalized spacial score (nSPS) is 10.8. The lowest BCUT2D eigenvalue weighted by Crippen LogP contribution is -2.17. The summed E-state index contributed by atoms with van der Waals surface area (Å²) in [4.78, 5) is 18.4. The topological polar surface area (TPSA) is 57.8 Å². The molecule has 1 heterocycles. The Morgan fingerprint density at radius 2 is 2.15 bits per heavy atom. The van der Waals surface area contributed by atoms with Gasteiger partial charge in [-0.2, -0.15) is 0 Å². The third kappa shape index (κ3) is 3.10. The number of benzene rings is 1. The molecule has 0 bridgehead atoms. The number of nitrogens with one attached hydrogen (secondary N) is 2. The van der Waals surface area contributed by atoms with Gasteiger partial charge >= 0.3 is 0 Å². The predicted molar refractivity (Wildman–Crippen MR) is 75.3 cm³/mol. The average molecular weight is 344 g/mol. The first kappa shape index (κ1) is 14.8. The fraction of sp³-hybridized carbons (Fsp3) is 0.231. The minimum atomic E-state index is -1.01. The van der Waals surface area contributed by atoms with Gasteiger partial charge in [0.1, 0.15) is 5.82 Å². The van der Waals surface area contributed by atoms with Crippen molar-refractivity contribution >= 4 is 15.9 Å². The van der Waals surface area contributed by atoms with Crippen molar-refractivity contribution in [2.24, 2.45) is 0 Å². The Bertz CT molecular complexity index is 688. The van der Waals surface area contributed by atoms with Crippen LogP contribution >= 0.6 is 15.9 Å². The minimum Gasteiger partial charge on any atom is -0.311 e. The van der Waals surface area contributed by atoms with E-state index in [1.165, 1.54) is 12.1 Å². The summed E-state index contributed by atoms with van der Waals surface area (Å²) in [6.45, 7) is 3.09. The van der Waals surface area contributed by atoms with E-state index in [2.05, 4.69) is 31.2 Å². The smallest absolute Gasteiger partial charge is 0.251 e. The predicted octanol–water partition coefficient (Wildman–Crippen LogP) is 2.59. The largest absolute Gasteiger partial charge is 0.311 e. The highest BCUT2D eigenvalue weighted by Gasteiger charge is 2.14. The Kier molecular flexibility index (Phi) is 4.61. The van der Waals surface area contributed by atoms with Crippen LogP contribution < -0.4 is 10.9 Å². The first-order valence-corrected chi connectivity index (χ1v) is 6.77. The molecule has 0 aliphatic carbocycles. The molecule has 0 atom stereocenters. The standard InChI is InChI=1S/C13H12BrF2N3O/c1-2-17-6-7-5-10(20)19-13(18-7)8-3-4-9(15)12(16)11(8)14/h3-5,17H,2,6H2,1H3,(H,18,19,20). The maximum atomic E-state index is 13.5. The van der Waals surface area contributed by atoms with Crippen LogP contribution in [0.25, 0.3) is 11.4 Å². The number of aromatic nitrogens is 2. The number of halogens is 3. The molecule has 0 aliphatic heterocycles. The van der Waals surface area contributed by atoms with E-state index in [0.29, 0.717) is 17.8 Å². The third-order valence-electron chi connectivity index (χ3n) is 2.64. The van der Waals surface area contributed by atoms with Gasteiger partial charge in [0.15, 0.2) is 11.6 Å². The highest BCUT2D eigenvalue weighted by Crippen LogP contribution is 2.29. The maximum Gasteiger partial charge on any atom is 0.251 e. The van der Waals surface area contributed by atoms with Crippen LogP contribution in [0.2, 0.25) is 0 Å². The highest BCUT2D eigenvalue weighted by atomic mass is 79.9. The molecular weight excluding hydrogens is 332 g/mol. The van der Waals surface area contributed by atoms with E-state index >= 15 is 0 Å². The number of rotatable bonds is 4. The van der Waals surface area contributed by atoms with Crippen LogP contribution in [0.15, 0.2) is 27.5 Å². The Balaban J connectivity index is 2.50. The van der Waals surface area contributed by atoms with Gasteiger partial charge < -0.3 is 10.3 Å². The Labute approximate surface area is 122 Å². The van der Waals surface area contributed by atoms with E-state index < -0.39 is 11.6 Å². The van der Waals surface area contributed by atoms with Crippen LogP contribution in [-0.4, -0.2) is 16.5 Å². The molecule has 0 radical (unpaired) electrons. The van der Waals surface area contributed by atoms with Crippen molar-refractivity contribution in [3.8, 4) is 11.4 Å². The molecule has 0 fully saturated rings. The van der Waals surface area contributed by atoms with E-state index in [4.69, 9.17) is 0 Å². The van der Waals surface area contributed by atoms with Gasteiger partial charge in [0.25, 0.3) is 5.56 Å². The molecule has 2 aromatic rings. The molecule has 4 nitrogen and oxygen atoms in total. The molecular formula is C13H12BrF2N3O. The lowest BCUT2D eigenvalue weighted by atomic mass is 10.2. The van der Waals surface area contributed by atoms with E-state index in [1.54, 1.807) is 0 Å². The summed E-state index contributed by atoms with van der Waals surface area (Å²) in [6, 6.07) is 3.71. The monoisotopic (exact) mass is 343 g/mol. The van der Waals surface area contributed by atoms with E-state index in [-0.39, 0.29) is 15.9 Å². The average Bonchev–Trinajstić information content (AvgIpc) is 2.42. The summed E-state index contributed by atoms with van der Waals surface area (Å²) in [5.74, 6) is -1.79. The first-order valence-electron chi connectivity index (χ1n) is 5.97. The van der Waals surface area contributed by atoms with Crippen LogP contribution in [-0.2, 0) is 6.54 Å². The van der Waals surface area contributed by atoms with Gasteiger partial charge in [-0.25, -0.2) is 13.8 Å². The molecule has 2 rings (SSSR count). The molecule has 0 unspecified atom stereocenters. The van der Waals surface area contributed by atoms with Crippen molar-refractivity contribution in [1.82, 2.24) is 15.3 Å². The van der Waals surface area contributed by atoms with Crippen LogP contribution in [0.1, 0.15) is 12.6 Å². The van der Waals surface area contributed by atoms with Crippen molar-refractivity contribution in [1.29, 1.82) is 0 Å². The summed E-state index contributed by atoms with van der Waals surface area (Å²) < 4.78 is 26.6.